The fraction of sp³-hybridized carbons (Fsp3) is 0.867. The molecule has 2 atom stereocenters. The van der Waals surface area contributed by atoms with E-state index in [0.717, 1.165) is 12.8 Å². The molecule has 0 saturated carbocycles. The second-order valence-electron chi connectivity index (χ2n) is 5.91. The molecule has 0 fully saturated rings. The molecule has 19 heavy (non-hydrogen) atoms. The maximum absolute atomic E-state index is 11.7. The molecule has 0 bridgehead atoms. The van der Waals surface area contributed by atoms with Crippen LogP contribution in [0.1, 0.15) is 66.2 Å². The van der Waals surface area contributed by atoms with Crippen molar-refractivity contribution in [1.82, 2.24) is 0 Å². The summed E-state index contributed by atoms with van der Waals surface area (Å²) in [4.78, 5) is 22.5. The van der Waals surface area contributed by atoms with Gasteiger partial charge in [-0.1, -0.05) is 40.5 Å². The van der Waals surface area contributed by atoms with Crippen molar-refractivity contribution in [3.8, 4) is 0 Å². The first-order valence-electron chi connectivity index (χ1n) is 7.22. The minimum Gasteiger partial charge on any atom is -0.481 e. The first-order chi connectivity index (χ1) is 8.77. The lowest BCUT2D eigenvalue weighted by molar-refractivity contribution is -0.153. The molecule has 0 aliphatic heterocycles. The lowest BCUT2D eigenvalue weighted by Gasteiger charge is -2.33. The summed E-state index contributed by atoms with van der Waals surface area (Å²) < 4.78 is 0. The lowest BCUT2D eigenvalue weighted by Crippen LogP contribution is -2.35. The summed E-state index contributed by atoms with van der Waals surface area (Å²) in [6.45, 7) is 8.15. The minimum absolute atomic E-state index is 0.0703. The topological polar surface area (TPSA) is 74.6 Å². The molecular formula is C15H28O4. The van der Waals surface area contributed by atoms with Gasteiger partial charge in [-0.3, -0.25) is 9.59 Å². The fourth-order valence-electron chi connectivity index (χ4n) is 2.54. The highest BCUT2D eigenvalue weighted by Crippen LogP contribution is 2.40. The molecule has 4 nitrogen and oxygen atoms in total. The van der Waals surface area contributed by atoms with Gasteiger partial charge in [0.05, 0.1) is 5.41 Å². The molecule has 0 aliphatic rings. The minimum atomic E-state index is -0.918. The number of carbonyl (C=O) groups is 2. The Morgan fingerprint density at radius 3 is 1.68 bits per heavy atom. The van der Waals surface area contributed by atoms with E-state index in [1.54, 1.807) is 0 Å². The van der Waals surface area contributed by atoms with Crippen LogP contribution in [0.2, 0.25) is 0 Å². The van der Waals surface area contributed by atoms with E-state index in [1.807, 2.05) is 27.7 Å². The quantitative estimate of drug-likeness (QED) is 0.634. The van der Waals surface area contributed by atoms with Crippen molar-refractivity contribution in [1.29, 1.82) is 0 Å². The summed E-state index contributed by atoms with van der Waals surface area (Å²) in [6.07, 6.45) is 3.13. The standard InChI is InChI=1S/C15H28O4/c1-5-11(3)9-15(14(18)19,8-7-13(16)17)10-12(4)6-2/h11-12H,5-10H2,1-4H3,(H,16,17)(H,18,19). The van der Waals surface area contributed by atoms with Crippen molar-refractivity contribution in [3.63, 3.8) is 0 Å². The third kappa shape index (κ3) is 6.08. The number of hydrogen-bond donors (Lipinski definition) is 2. The number of aliphatic carboxylic acids is 2. The van der Waals surface area contributed by atoms with Gasteiger partial charge in [0.1, 0.15) is 0 Å². The van der Waals surface area contributed by atoms with Crippen LogP contribution in [0, 0.1) is 17.3 Å². The molecule has 2 unspecified atom stereocenters. The highest BCUT2D eigenvalue weighted by atomic mass is 16.4. The van der Waals surface area contributed by atoms with Crippen molar-refractivity contribution < 1.29 is 19.8 Å². The summed E-state index contributed by atoms with van der Waals surface area (Å²) in [7, 11) is 0. The second-order valence-corrected chi connectivity index (χ2v) is 5.91. The zero-order chi connectivity index (χ0) is 15.1. The van der Waals surface area contributed by atoms with Gasteiger partial charge in [0.2, 0.25) is 0 Å². The van der Waals surface area contributed by atoms with Gasteiger partial charge in [0.25, 0.3) is 0 Å². The predicted octanol–water partition coefficient (Wildman–Crippen LogP) is 3.79. The average molecular weight is 272 g/mol. The Labute approximate surface area is 116 Å². The van der Waals surface area contributed by atoms with Crippen molar-refractivity contribution in [2.75, 3.05) is 0 Å². The number of hydrogen-bond acceptors (Lipinski definition) is 2. The van der Waals surface area contributed by atoms with E-state index in [1.165, 1.54) is 0 Å². The van der Waals surface area contributed by atoms with E-state index in [4.69, 9.17) is 5.11 Å². The molecule has 2 N–H and O–H groups in total. The number of rotatable bonds is 10. The average Bonchev–Trinajstić information content (AvgIpc) is 2.35. The molecule has 0 saturated heterocycles. The van der Waals surface area contributed by atoms with Crippen LogP contribution in [-0.4, -0.2) is 22.2 Å². The Morgan fingerprint density at radius 1 is 1.00 bits per heavy atom. The van der Waals surface area contributed by atoms with Crippen molar-refractivity contribution in [2.45, 2.75) is 66.2 Å². The monoisotopic (exact) mass is 272 g/mol. The lowest BCUT2D eigenvalue weighted by atomic mass is 9.70. The smallest absolute Gasteiger partial charge is 0.309 e. The van der Waals surface area contributed by atoms with Crippen LogP contribution >= 0.6 is 0 Å². The van der Waals surface area contributed by atoms with E-state index in [0.29, 0.717) is 24.7 Å². The Balaban J connectivity index is 5.09. The number of carboxylic acid groups (broad SMARTS) is 2. The molecule has 0 radical (unpaired) electrons. The Morgan fingerprint density at radius 2 is 1.42 bits per heavy atom. The molecule has 0 aromatic carbocycles. The number of carboxylic acids is 2. The molecule has 0 aromatic rings. The van der Waals surface area contributed by atoms with E-state index >= 15 is 0 Å². The van der Waals surface area contributed by atoms with Crippen LogP contribution in [0.25, 0.3) is 0 Å². The van der Waals surface area contributed by atoms with Crippen molar-refractivity contribution in [2.24, 2.45) is 17.3 Å². The molecule has 0 heterocycles. The van der Waals surface area contributed by atoms with E-state index < -0.39 is 17.4 Å². The van der Waals surface area contributed by atoms with Gasteiger partial charge in [-0.05, 0) is 31.1 Å². The van der Waals surface area contributed by atoms with E-state index in [9.17, 15) is 14.7 Å². The summed E-state index contributed by atoms with van der Waals surface area (Å²) in [5, 5.41) is 18.5. The van der Waals surface area contributed by atoms with Gasteiger partial charge >= 0.3 is 11.9 Å². The SMILES string of the molecule is CCC(C)CC(CCC(=O)O)(CC(C)CC)C(=O)O. The zero-order valence-electron chi connectivity index (χ0n) is 12.6. The van der Waals surface area contributed by atoms with Crippen LogP contribution in [0.15, 0.2) is 0 Å². The van der Waals surface area contributed by atoms with Gasteiger partial charge in [-0.2, -0.15) is 0 Å². The van der Waals surface area contributed by atoms with Gasteiger partial charge in [0.15, 0.2) is 0 Å². The van der Waals surface area contributed by atoms with Crippen LogP contribution in [0.3, 0.4) is 0 Å². The normalized spacial score (nSPS) is 17.5. The maximum atomic E-state index is 11.7. The van der Waals surface area contributed by atoms with Crippen LogP contribution in [-0.2, 0) is 9.59 Å². The molecule has 0 aromatic heterocycles. The van der Waals surface area contributed by atoms with Gasteiger partial charge in [-0.15, -0.1) is 0 Å². The molecule has 0 rings (SSSR count). The highest BCUT2D eigenvalue weighted by Gasteiger charge is 2.40. The summed E-state index contributed by atoms with van der Waals surface area (Å²) >= 11 is 0. The Hall–Kier alpha value is -1.06. The third-order valence-electron chi connectivity index (χ3n) is 4.14. The molecule has 0 aliphatic carbocycles. The summed E-state index contributed by atoms with van der Waals surface area (Å²) in [5.74, 6) is -1.16. The van der Waals surface area contributed by atoms with Gasteiger partial charge in [-0.25, -0.2) is 0 Å². The molecule has 0 spiro atoms. The molecule has 112 valence electrons. The zero-order valence-corrected chi connectivity index (χ0v) is 12.6. The predicted molar refractivity (Wildman–Crippen MR) is 75.1 cm³/mol. The van der Waals surface area contributed by atoms with Crippen LogP contribution < -0.4 is 0 Å². The molecule has 4 heteroatoms. The second kappa shape index (κ2) is 8.18. The van der Waals surface area contributed by atoms with Crippen LogP contribution in [0.4, 0.5) is 0 Å². The Kier molecular flexibility index (Phi) is 7.72. The van der Waals surface area contributed by atoms with Crippen LogP contribution in [0.5, 0.6) is 0 Å². The van der Waals surface area contributed by atoms with Gasteiger partial charge < -0.3 is 10.2 Å². The van der Waals surface area contributed by atoms with Crippen molar-refractivity contribution in [3.05, 3.63) is 0 Å². The van der Waals surface area contributed by atoms with E-state index in [2.05, 4.69) is 0 Å². The summed E-state index contributed by atoms with van der Waals surface area (Å²) in [5.41, 5.74) is -0.886. The first-order valence-corrected chi connectivity index (χ1v) is 7.22. The first kappa shape index (κ1) is 17.9. The molecule has 0 amide bonds. The van der Waals surface area contributed by atoms with Crippen molar-refractivity contribution >= 4 is 11.9 Å². The van der Waals surface area contributed by atoms with E-state index in [-0.39, 0.29) is 12.8 Å². The molecular weight excluding hydrogens is 244 g/mol. The highest BCUT2D eigenvalue weighted by molar-refractivity contribution is 5.76. The maximum Gasteiger partial charge on any atom is 0.309 e. The third-order valence-corrected chi connectivity index (χ3v) is 4.14. The Bertz CT molecular complexity index is 287. The van der Waals surface area contributed by atoms with Gasteiger partial charge in [0, 0.05) is 6.42 Å². The fourth-order valence-corrected chi connectivity index (χ4v) is 2.54. The summed E-state index contributed by atoms with van der Waals surface area (Å²) in [6, 6.07) is 0. The largest absolute Gasteiger partial charge is 0.481 e.